The number of aliphatic carboxylic acids is 1. The molecule has 0 saturated heterocycles. The Morgan fingerprint density at radius 3 is 2.45 bits per heavy atom. The maximum Gasteiger partial charge on any atom is 0.305 e. The molecule has 2 rings (SSSR count). The molecule has 2 aromatic carbocycles. The summed E-state index contributed by atoms with van der Waals surface area (Å²) in [5.74, 6) is -0.760. The maximum atomic E-state index is 11.0. The van der Waals surface area contributed by atoms with Gasteiger partial charge >= 0.3 is 5.97 Å². The Morgan fingerprint density at radius 2 is 1.82 bits per heavy atom. The van der Waals surface area contributed by atoms with Gasteiger partial charge in [0.2, 0.25) is 0 Å². The van der Waals surface area contributed by atoms with E-state index in [0.717, 1.165) is 13.0 Å². The predicted molar refractivity (Wildman–Crippen MR) is 90.3 cm³/mol. The molecule has 0 aliphatic heterocycles. The number of para-hydroxylation sites is 1. The van der Waals surface area contributed by atoms with Crippen LogP contribution in [0.2, 0.25) is 0 Å². The van der Waals surface area contributed by atoms with Gasteiger partial charge in [-0.1, -0.05) is 55.5 Å². The maximum absolute atomic E-state index is 11.0. The largest absolute Gasteiger partial charge is 0.481 e. The molecule has 0 bridgehead atoms. The lowest BCUT2D eigenvalue weighted by atomic mass is 10.0. The first kappa shape index (κ1) is 16.1. The molecular weight excluding hydrogens is 274 g/mol. The molecule has 0 unspecified atom stereocenters. The highest BCUT2D eigenvalue weighted by Crippen LogP contribution is 2.27. The second kappa shape index (κ2) is 7.64. The molecule has 0 spiro atoms. The molecule has 0 aromatic heterocycles. The average molecular weight is 297 g/mol. The van der Waals surface area contributed by atoms with Gasteiger partial charge in [-0.15, -0.1) is 0 Å². The number of benzene rings is 2. The summed E-state index contributed by atoms with van der Waals surface area (Å²) in [4.78, 5) is 13.2. The van der Waals surface area contributed by atoms with E-state index in [-0.39, 0.29) is 6.42 Å². The Morgan fingerprint density at radius 1 is 1.09 bits per heavy atom. The Labute approximate surface area is 132 Å². The summed E-state index contributed by atoms with van der Waals surface area (Å²) in [6.45, 7) is 5.47. The number of hydrogen-bond acceptors (Lipinski definition) is 2. The minimum atomic E-state index is -0.760. The Hall–Kier alpha value is -2.29. The first-order chi connectivity index (χ1) is 10.6. The van der Waals surface area contributed by atoms with Gasteiger partial charge in [0.05, 0.1) is 6.42 Å². The Bertz CT molecular complexity index is 623. The molecule has 0 radical (unpaired) electrons. The molecule has 0 aliphatic rings. The van der Waals surface area contributed by atoms with E-state index in [2.05, 4.69) is 49.1 Å². The average Bonchev–Trinajstić information content (AvgIpc) is 2.52. The van der Waals surface area contributed by atoms with Gasteiger partial charge in [0.25, 0.3) is 0 Å². The van der Waals surface area contributed by atoms with Crippen molar-refractivity contribution in [3.63, 3.8) is 0 Å². The summed E-state index contributed by atoms with van der Waals surface area (Å²) in [5.41, 5.74) is 4.83. The number of hydrogen-bond donors (Lipinski definition) is 1. The molecular formula is C19H23NO2. The lowest BCUT2D eigenvalue weighted by Gasteiger charge is -2.28. The van der Waals surface area contributed by atoms with Crippen LogP contribution in [0.5, 0.6) is 0 Å². The van der Waals surface area contributed by atoms with E-state index in [4.69, 9.17) is 5.11 Å². The van der Waals surface area contributed by atoms with Crippen LogP contribution in [-0.2, 0) is 17.8 Å². The number of carbonyl (C=O) groups is 1. The van der Waals surface area contributed by atoms with E-state index in [9.17, 15) is 4.79 Å². The van der Waals surface area contributed by atoms with Gasteiger partial charge in [0.15, 0.2) is 0 Å². The third-order valence-electron chi connectivity index (χ3n) is 3.83. The van der Waals surface area contributed by atoms with Gasteiger partial charge in [-0.3, -0.25) is 4.79 Å². The molecule has 0 aliphatic carbocycles. The predicted octanol–water partition coefficient (Wildman–Crippen LogP) is 4.04. The fourth-order valence-corrected chi connectivity index (χ4v) is 2.76. The van der Waals surface area contributed by atoms with Crippen LogP contribution in [0.15, 0.2) is 48.5 Å². The van der Waals surface area contributed by atoms with Gasteiger partial charge < -0.3 is 10.0 Å². The van der Waals surface area contributed by atoms with Crippen LogP contribution in [0.4, 0.5) is 5.69 Å². The number of rotatable bonds is 7. The standard InChI is InChI=1S/C19H23NO2/c1-3-17-11-7-8-15(2)19(17)20(13-12-18(21)22)14-16-9-5-4-6-10-16/h4-11H,3,12-14H2,1-2H3,(H,21,22). The normalized spacial score (nSPS) is 10.5. The summed E-state index contributed by atoms with van der Waals surface area (Å²) >= 11 is 0. The zero-order chi connectivity index (χ0) is 15.9. The molecule has 3 nitrogen and oxygen atoms in total. The summed E-state index contributed by atoms with van der Waals surface area (Å²) in [6.07, 6.45) is 1.08. The molecule has 0 heterocycles. The lowest BCUT2D eigenvalue weighted by molar-refractivity contribution is -0.136. The molecule has 22 heavy (non-hydrogen) atoms. The van der Waals surface area contributed by atoms with Crippen molar-refractivity contribution >= 4 is 11.7 Å². The minimum absolute atomic E-state index is 0.143. The minimum Gasteiger partial charge on any atom is -0.481 e. The molecule has 0 fully saturated rings. The van der Waals surface area contributed by atoms with Crippen molar-refractivity contribution in [3.05, 3.63) is 65.2 Å². The summed E-state index contributed by atoms with van der Waals surface area (Å²) in [7, 11) is 0. The van der Waals surface area contributed by atoms with Gasteiger partial charge in [-0.05, 0) is 30.0 Å². The van der Waals surface area contributed by atoms with Crippen molar-refractivity contribution in [2.75, 3.05) is 11.4 Å². The summed E-state index contributed by atoms with van der Waals surface area (Å²) in [5, 5.41) is 9.04. The number of carboxylic acids is 1. The third kappa shape index (κ3) is 4.10. The Balaban J connectivity index is 2.33. The van der Waals surface area contributed by atoms with Crippen molar-refractivity contribution < 1.29 is 9.90 Å². The molecule has 0 saturated carbocycles. The lowest BCUT2D eigenvalue weighted by Crippen LogP contribution is -2.27. The van der Waals surface area contributed by atoms with E-state index in [1.807, 2.05) is 18.2 Å². The highest BCUT2D eigenvalue weighted by atomic mass is 16.4. The van der Waals surface area contributed by atoms with Crippen molar-refractivity contribution in [2.24, 2.45) is 0 Å². The fraction of sp³-hybridized carbons (Fsp3) is 0.316. The van der Waals surface area contributed by atoms with Gasteiger partial charge in [-0.2, -0.15) is 0 Å². The SMILES string of the molecule is CCc1cccc(C)c1N(CCC(=O)O)Cc1ccccc1. The van der Waals surface area contributed by atoms with Crippen molar-refractivity contribution in [1.29, 1.82) is 0 Å². The smallest absolute Gasteiger partial charge is 0.305 e. The quantitative estimate of drug-likeness (QED) is 0.838. The van der Waals surface area contributed by atoms with Crippen molar-refractivity contribution in [2.45, 2.75) is 33.2 Å². The van der Waals surface area contributed by atoms with E-state index in [1.54, 1.807) is 0 Å². The highest BCUT2D eigenvalue weighted by Gasteiger charge is 2.15. The molecule has 3 heteroatoms. The van der Waals surface area contributed by atoms with Crippen LogP contribution in [0.25, 0.3) is 0 Å². The van der Waals surface area contributed by atoms with E-state index < -0.39 is 5.97 Å². The molecule has 2 aromatic rings. The van der Waals surface area contributed by atoms with E-state index >= 15 is 0 Å². The Kier molecular flexibility index (Phi) is 5.59. The van der Waals surface area contributed by atoms with Crippen LogP contribution < -0.4 is 4.90 Å². The van der Waals surface area contributed by atoms with E-state index in [1.165, 1.54) is 22.4 Å². The van der Waals surface area contributed by atoms with Gasteiger partial charge in [0, 0.05) is 18.8 Å². The van der Waals surface area contributed by atoms with Crippen LogP contribution >= 0.6 is 0 Å². The van der Waals surface area contributed by atoms with Crippen LogP contribution in [0.1, 0.15) is 30.0 Å². The van der Waals surface area contributed by atoms with Crippen LogP contribution in [-0.4, -0.2) is 17.6 Å². The zero-order valence-electron chi connectivity index (χ0n) is 13.2. The van der Waals surface area contributed by atoms with Crippen LogP contribution in [0.3, 0.4) is 0 Å². The molecule has 1 N–H and O–H groups in total. The molecule has 0 amide bonds. The summed E-state index contributed by atoms with van der Waals surface area (Å²) in [6, 6.07) is 16.5. The van der Waals surface area contributed by atoms with Crippen LogP contribution in [0, 0.1) is 6.92 Å². The monoisotopic (exact) mass is 297 g/mol. The number of aryl methyl sites for hydroxylation is 2. The van der Waals surface area contributed by atoms with E-state index in [0.29, 0.717) is 6.54 Å². The van der Waals surface area contributed by atoms with Crippen molar-refractivity contribution in [1.82, 2.24) is 0 Å². The second-order valence-corrected chi connectivity index (χ2v) is 5.49. The zero-order valence-corrected chi connectivity index (χ0v) is 13.2. The fourth-order valence-electron chi connectivity index (χ4n) is 2.76. The summed E-state index contributed by atoms with van der Waals surface area (Å²) < 4.78 is 0. The second-order valence-electron chi connectivity index (χ2n) is 5.49. The van der Waals surface area contributed by atoms with Gasteiger partial charge in [-0.25, -0.2) is 0 Å². The topological polar surface area (TPSA) is 40.5 Å². The number of nitrogens with zero attached hydrogens (tertiary/aromatic N) is 1. The first-order valence-electron chi connectivity index (χ1n) is 7.71. The highest BCUT2D eigenvalue weighted by molar-refractivity contribution is 5.68. The number of carboxylic acid groups (broad SMARTS) is 1. The first-order valence-corrected chi connectivity index (χ1v) is 7.71. The van der Waals surface area contributed by atoms with Gasteiger partial charge in [0.1, 0.15) is 0 Å². The number of anilines is 1. The van der Waals surface area contributed by atoms with Crippen molar-refractivity contribution in [3.8, 4) is 0 Å². The third-order valence-corrected chi connectivity index (χ3v) is 3.83. The molecule has 0 atom stereocenters. The molecule has 116 valence electrons.